The van der Waals surface area contributed by atoms with E-state index in [0.29, 0.717) is 23.5 Å². The maximum absolute atomic E-state index is 11.6. The maximum atomic E-state index is 11.6. The van der Waals surface area contributed by atoms with Crippen molar-refractivity contribution < 1.29 is 8.42 Å². The number of nitrogens with one attached hydrogen (secondary N) is 1. The summed E-state index contributed by atoms with van der Waals surface area (Å²) >= 11 is 0. The summed E-state index contributed by atoms with van der Waals surface area (Å²) in [7, 11) is -2.81. The molecule has 0 rings (SSSR count). The Bertz CT molecular complexity index is 245. The molecule has 0 fully saturated rings. The molecule has 0 bridgehead atoms. The summed E-state index contributed by atoms with van der Waals surface area (Å²) in [5, 5.41) is 3.22. The Hall–Kier alpha value is -0.0900. The fourth-order valence-corrected chi connectivity index (χ4v) is 2.82. The molecule has 0 spiro atoms. The molecule has 1 N–H and O–H groups in total. The summed E-state index contributed by atoms with van der Waals surface area (Å²) < 4.78 is 23.1. The van der Waals surface area contributed by atoms with Crippen LogP contribution in [0.15, 0.2) is 0 Å². The van der Waals surface area contributed by atoms with Gasteiger partial charge in [0.2, 0.25) is 0 Å². The molecule has 0 saturated heterocycles. The largest absolute Gasteiger partial charge is 0.314 e. The van der Waals surface area contributed by atoms with Gasteiger partial charge in [-0.25, -0.2) is 8.42 Å². The van der Waals surface area contributed by atoms with Crippen LogP contribution in [0.5, 0.6) is 0 Å². The molecule has 0 atom stereocenters. The Kier molecular flexibility index (Phi) is 7.18. The normalized spacial score (nSPS) is 12.7. The summed E-state index contributed by atoms with van der Waals surface area (Å²) in [4.78, 5) is 0. The van der Waals surface area contributed by atoms with Gasteiger partial charge in [-0.2, -0.15) is 0 Å². The highest BCUT2D eigenvalue weighted by atomic mass is 32.2. The van der Waals surface area contributed by atoms with Gasteiger partial charge in [-0.05, 0) is 25.3 Å². The first kappa shape index (κ1) is 14.9. The number of hydrogen-bond acceptors (Lipinski definition) is 3. The van der Waals surface area contributed by atoms with E-state index < -0.39 is 9.84 Å². The van der Waals surface area contributed by atoms with E-state index in [4.69, 9.17) is 0 Å². The molecule has 0 unspecified atom stereocenters. The molecule has 92 valence electrons. The lowest BCUT2D eigenvalue weighted by Gasteiger charge is -2.09. The van der Waals surface area contributed by atoms with Gasteiger partial charge in [0.05, 0.1) is 11.5 Å². The highest BCUT2D eigenvalue weighted by molar-refractivity contribution is 7.91. The van der Waals surface area contributed by atoms with E-state index in [1.54, 1.807) is 0 Å². The first-order chi connectivity index (χ1) is 6.83. The standard InChI is InChI=1S/C11H25NO2S/c1-10(2)6-9-15(13,14)8-5-7-12-11(3)4/h10-12H,5-9H2,1-4H3. The van der Waals surface area contributed by atoms with Crippen LogP contribution in [0.25, 0.3) is 0 Å². The van der Waals surface area contributed by atoms with Gasteiger partial charge < -0.3 is 5.32 Å². The lowest BCUT2D eigenvalue weighted by Crippen LogP contribution is -2.25. The molecule has 0 amide bonds. The first-order valence-electron chi connectivity index (χ1n) is 5.77. The molecule has 0 aromatic rings. The van der Waals surface area contributed by atoms with Crippen LogP contribution in [-0.4, -0.2) is 32.5 Å². The lowest BCUT2D eigenvalue weighted by atomic mass is 10.2. The molecule has 15 heavy (non-hydrogen) atoms. The summed E-state index contributed by atoms with van der Waals surface area (Å²) in [5.41, 5.74) is 0. The molecule has 0 aliphatic heterocycles. The van der Waals surface area contributed by atoms with Crippen molar-refractivity contribution in [2.45, 2.75) is 46.6 Å². The number of hydrogen-bond donors (Lipinski definition) is 1. The van der Waals surface area contributed by atoms with Gasteiger partial charge in [0, 0.05) is 6.04 Å². The van der Waals surface area contributed by atoms with Crippen LogP contribution in [0.1, 0.15) is 40.5 Å². The Morgan fingerprint density at radius 3 is 2.13 bits per heavy atom. The maximum Gasteiger partial charge on any atom is 0.150 e. The van der Waals surface area contributed by atoms with Gasteiger partial charge in [0.25, 0.3) is 0 Å². The van der Waals surface area contributed by atoms with Crippen molar-refractivity contribution in [3.05, 3.63) is 0 Å². The van der Waals surface area contributed by atoms with Crippen LogP contribution < -0.4 is 5.32 Å². The zero-order valence-corrected chi connectivity index (χ0v) is 11.2. The van der Waals surface area contributed by atoms with E-state index in [0.717, 1.165) is 19.4 Å². The molecule has 0 saturated carbocycles. The van der Waals surface area contributed by atoms with Crippen molar-refractivity contribution in [2.75, 3.05) is 18.1 Å². The van der Waals surface area contributed by atoms with E-state index in [1.807, 2.05) is 0 Å². The fraction of sp³-hybridized carbons (Fsp3) is 1.00. The molecule has 0 aliphatic carbocycles. The van der Waals surface area contributed by atoms with Crippen LogP contribution in [0.4, 0.5) is 0 Å². The molecule has 0 aromatic carbocycles. The second kappa shape index (κ2) is 7.23. The third kappa shape index (κ3) is 10.2. The van der Waals surface area contributed by atoms with Crippen LogP contribution in [0.2, 0.25) is 0 Å². The number of rotatable bonds is 8. The molecule has 0 aliphatic rings. The van der Waals surface area contributed by atoms with Gasteiger partial charge in [-0.15, -0.1) is 0 Å². The molecule has 0 aromatic heterocycles. The van der Waals surface area contributed by atoms with E-state index in [1.165, 1.54) is 0 Å². The van der Waals surface area contributed by atoms with Gasteiger partial charge in [0.15, 0.2) is 0 Å². The molecular formula is C11H25NO2S. The quantitative estimate of drug-likeness (QED) is 0.653. The van der Waals surface area contributed by atoms with E-state index in [-0.39, 0.29) is 0 Å². The third-order valence-electron chi connectivity index (χ3n) is 2.19. The lowest BCUT2D eigenvalue weighted by molar-refractivity contribution is 0.559. The van der Waals surface area contributed by atoms with E-state index >= 15 is 0 Å². The predicted octanol–water partition coefficient (Wildman–Crippen LogP) is 1.84. The summed E-state index contributed by atoms with van der Waals surface area (Å²) in [6, 6.07) is 0.434. The zero-order valence-electron chi connectivity index (χ0n) is 10.4. The first-order valence-corrected chi connectivity index (χ1v) is 7.59. The Balaban J connectivity index is 3.66. The predicted molar refractivity (Wildman–Crippen MR) is 65.9 cm³/mol. The van der Waals surface area contributed by atoms with Crippen molar-refractivity contribution in [3.63, 3.8) is 0 Å². The smallest absolute Gasteiger partial charge is 0.150 e. The summed E-state index contributed by atoms with van der Waals surface area (Å²) in [5.74, 6) is 1.12. The Labute approximate surface area is 94.6 Å². The van der Waals surface area contributed by atoms with Crippen molar-refractivity contribution in [2.24, 2.45) is 5.92 Å². The Morgan fingerprint density at radius 1 is 1.07 bits per heavy atom. The third-order valence-corrected chi connectivity index (χ3v) is 3.96. The molecular weight excluding hydrogens is 210 g/mol. The van der Waals surface area contributed by atoms with Crippen LogP contribution in [0, 0.1) is 5.92 Å². The minimum absolute atomic E-state index is 0.319. The van der Waals surface area contributed by atoms with Crippen LogP contribution in [-0.2, 0) is 9.84 Å². The molecule has 4 heteroatoms. The van der Waals surface area contributed by atoms with E-state index in [9.17, 15) is 8.42 Å². The monoisotopic (exact) mass is 235 g/mol. The molecule has 3 nitrogen and oxygen atoms in total. The van der Waals surface area contributed by atoms with Gasteiger partial charge in [-0.1, -0.05) is 27.7 Å². The van der Waals surface area contributed by atoms with Crippen molar-refractivity contribution >= 4 is 9.84 Å². The summed E-state index contributed by atoms with van der Waals surface area (Å²) in [6.45, 7) is 9.02. The average molecular weight is 235 g/mol. The topological polar surface area (TPSA) is 46.2 Å². The minimum atomic E-state index is -2.81. The highest BCUT2D eigenvalue weighted by Crippen LogP contribution is 2.04. The molecule has 0 radical (unpaired) electrons. The average Bonchev–Trinajstić information content (AvgIpc) is 2.09. The van der Waals surface area contributed by atoms with Crippen LogP contribution in [0.3, 0.4) is 0 Å². The summed E-state index contributed by atoms with van der Waals surface area (Å²) in [6.07, 6.45) is 1.50. The van der Waals surface area contributed by atoms with Crippen LogP contribution >= 0.6 is 0 Å². The zero-order chi connectivity index (χ0) is 11.9. The highest BCUT2D eigenvalue weighted by Gasteiger charge is 2.11. The number of sulfone groups is 1. The van der Waals surface area contributed by atoms with Crippen molar-refractivity contribution in [1.82, 2.24) is 5.32 Å². The Morgan fingerprint density at radius 2 is 1.67 bits per heavy atom. The fourth-order valence-electron chi connectivity index (χ4n) is 1.20. The molecule has 0 heterocycles. The SMILES string of the molecule is CC(C)CCS(=O)(=O)CCCNC(C)C. The van der Waals surface area contributed by atoms with Gasteiger partial charge >= 0.3 is 0 Å². The van der Waals surface area contributed by atoms with Gasteiger partial charge in [-0.3, -0.25) is 0 Å². The van der Waals surface area contributed by atoms with Crippen molar-refractivity contribution in [1.29, 1.82) is 0 Å². The second-order valence-corrected chi connectivity index (χ2v) is 7.10. The minimum Gasteiger partial charge on any atom is -0.314 e. The van der Waals surface area contributed by atoms with Crippen molar-refractivity contribution in [3.8, 4) is 0 Å². The second-order valence-electron chi connectivity index (χ2n) is 4.80. The van der Waals surface area contributed by atoms with E-state index in [2.05, 4.69) is 33.0 Å². The van der Waals surface area contributed by atoms with Gasteiger partial charge in [0.1, 0.15) is 9.84 Å².